The van der Waals surface area contributed by atoms with E-state index >= 15 is 0 Å². The summed E-state index contributed by atoms with van der Waals surface area (Å²) in [6, 6.07) is 6.45. The molecule has 70 valence electrons. The summed E-state index contributed by atoms with van der Waals surface area (Å²) >= 11 is 5.59. The SMILES string of the molecule is CSc1cc(I)c2ccsc2c1C#N. The molecule has 0 radical (unpaired) electrons. The fraction of sp³-hybridized carbons (Fsp3) is 0.100. The van der Waals surface area contributed by atoms with Gasteiger partial charge in [0.05, 0.1) is 10.3 Å². The van der Waals surface area contributed by atoms with E-state index < -0.39 is 0 Å². The van der Waals surface area contributed by atoms with E-state index in [0.717, 1.165) is 15.2 Å². The van der Waals surface area contributed by atoms with E-state index in [1.807, 2.05) is 11.6 Å². The minimum absolute atomic E-state index is 0.822. The molecule has 1 aromatic heterocycles. The van der Waals surface area contributed by atoms with Crippen molar-refractivity contribution in [1.29, 1.82) is 5.26 Å². The number of benzene rings is 1. The molecule has 2 aromatic rings. The van der Waals surface area contributed by atoms with E-state index in [2.05, 4.69) is 40.8 Å². The Balaban J connectivity index is 2.91. The highest BCUT2D eigenvalue weighted by molar-refractivity contribution is 14.1. The Hall–Kier alpha value is -0.250. The van der Waals surface area contributed by atoms with Crippen molar-refractivity contribution in [2.24, 2.45) is 0 Å². The lowest BCUT2D eigenvalue weighted by molar-refractivity contribution is 1.41. The fourth-order valence-electron chi connectivity index (χ4n) is 1.33. The summed E-state index contributed by atoms with van der Waals surface area (Å²) in [6.07, 6.45) is 2.01. The van der Waals surface area contributed by atoms with Gasteiger partial charge in [0.1, 0.15) is 6.07 Å². The number of thioether (sulfide) groups is 1. The highest BCUT2D eigenvalue weighted by atomic mass is 127. The largest absolute Gasteiger partial charge is 0.192 e. The van der Waals surface area contributed by atoms with Crippen molar-refractivity contribution in [1.82, 2.24) is 0 Å². The van der Waals surface area contributed by atoms with Gasteiger partial charge in [-0.05, 0) is 46.4 Å². The molecule has 1 nitrogen and oxygen atoms in total. The zero-order valence-corrected chi connectivity index (χ0v) is 11.2. The van der Waals surface area contributed by atoms with Crippen LogP contribution in [-0.4, -0.2) is 6.26 Å². The van der Waals surface area contributed by atoms with Gasteiger partial charge in [-0.2, -0.15) is 5.26 Å². The standard InChI is InChI=1S/C10H6INS2/c1-13-9-4-8(11)6-2-3-14-10(6)7(9)5-12/h2-4H,1H3. The normalized spacial score (nSPS) is 10.4. The Kier molecular flexibility index (Phi) is 3.00. The lowest BCUT2D eigenvalue weighted by Crippen LogP contribution is -1.83. The highest BCUT2D eigenvalue weighted by Gasteiger charge is 2.10. The number of nitrogens with zero attached hydrogens (tertiary/aromatic N) is 1. The molecule has 0 aliphatic carbocycles. The Labute approximate surface area is 104 Å². The predicted octanol–water partition coefficient (Wildman–Crippen LogP) is 4.10. The second-order valence-corrected chi connectivity index (χ2v) is 5.64. The maximum absolute atomic E-state index is 9.10. The van der Waals surface area contributed by atoms with Crippen LogP contribution in [0.2, 0.25) is 0 Å². The van der Waals surface area contributed by atoms with Gasteiger partial charge < -0.3 is 0 Å². The van der Waals surface area contributed by atoms with Crippen LogP contribution in [0.1, 0.15) is 5.56 Å². The van der Waals surface area contributed by atoms with Gasteiger partial charge in [-0.3, -0.25) is 0 Å². The van der Waals surface area contributed by atoms with E-state index in [1.54, 1.807) is 23.1 Å². The summed E-state index contributed by atoms with van der Waals surface area (Å²) in [5, 5.41) is 12.3. The summed E-state index contributed by atoms with van der Waals surface area (Å²) in [5.41, 5.74) is 0.822. The van der Waals surface area contributed by atoms with Crippen molar-refractivity contribution in [2.75, 3.05) is 6.26 Å². The smallest absolute Gasteiger partial charge is 0.102 e. The first kappa shape index (κ1) is 10.3. The lowest BCUT2D eigenvalue weighted by Gasteiger charge is -2.03. The molecular weight excluding hydrogens is 325 g/mol. The molecule has 4 heteroatoms. The van der Waals surface area contributed by atoms with E-state index in [9.17, 15) is 0 Å². The minimum atomic E-state index is 0.822. The van der Waals surface area contributed by atoms with Gasteiger partial charge in [0, 0.05) is 13.9 Å². The zero-order valence-electron chi connectivity index (χ0n) is 7.37. The second-order valence-electron chi connectivity index (χ2n) is 2.71. The number of fused-ring (bicyclic) bond motifs is 1. The van der Waals surface area contributed by atoms with Crippen LogP contribution in [0.15, 0.2) is 22.4 Å². The van der Waals surface area contributed by atoms with Gasteiger partial charge in [0.25, 0.3) is 0 Å². The van der Waals surface area contributed by atoms with Crippen molar-refractivity contribution < 1.29 is 0 Å². The van der Waals surface area contributed by atoms with Gasteiger partial charge in [0.15, 0.2) is 0 Å². The number of thiophene rings is 1. The van der Waals surface area contributed by atoms with Crippen LogP contribution in [0.25, 0.3) is 10.1 Å². The van der Waals surface area contributed by atoms with Gasteiger partial charge in [-0.25, -0.2) is 0 Å². The van der Waals surface area contributed by atoms with Crippen molar-refractivity contribution >= 4 is 55.8 Å². The summed E-state index contributed by atoms with van der Waals surface area (Å²) < 4.78 is 2.34. The minimum Gasteiger partial charge on any atom is -0.192 e. The second kappa shape index (κ2) is 4.09. The molecule has 0 aliphatic rings. The Bertz CT molecular complexity index is 525. The molecule has 0 spiro atoms. The average Bonchev–Trinajstić information content (AvgIpc) is 2.66. The number of hydrogen-bond donors (Lipinski definition) is 0. The molecule has 0 bridgehead atoms. The molecule has 0 atom stereocenters. The van der Waals surface area contributed by atoms with Gasteiger partial charge in [0.2, 0.25) is 0 Å². The molecule has 0 saturated heterocycles. The van der Waals surface area contributed by atoms with Crippen LogP contribution in [0.4, 0.5) is 0 Å². The summed E-state index contributed by atoms with van der Waals surface area (Å²) in [7, 11) is 0. The maximum Gasteiger partial charge on any atom is 0.102 e. The van der Waals surface area contributed by atoms with Crippen molar-refractivity contribution in [3.05, 3.63) is 26.6 Å². The van der Waals surface area contributed by atoms with Crippen molar-refractivity contribution in [3.8, 4) is 6.07 Å². The van der Waals surface area contributed by atoms with Gasteiger partial charge in [-0.15, -0.1) is 23.1 Å². The predicted molar refractivity (Wildman–Crippen MR) is 71.0 cm³/mol. The van der Waals surface area contributed by atoms with E-state index in [4.69, 9.17) is 5.26 Å². The number of nitriles is 1. The molecule has 0 unspecified atom stereocenters. The monoisotopic (exact) mass is 331 g/mol. The van der Waals surface area contributed by atoms with Crippen LogP contribution in [0, 0.1) is 14.9 Å². The van der Waals surface area contributed by atoms with Crippen LogP contribution in [0.5, 0.6) is 0 Å². The van der Waals surface area contributed by atoms with Crippen LogP contribution < -0.4 is 0 Å². The van der Waals surface area contributed by atoms with E-state index in [0.29, 0.717) is 0 Å². The fourth-order valence-corrected chi connectivity index (χ4v) is 4.06. The van der Waals surface area contributed by atoms with Crippen LogP contribution in [0.3, 0.4) is 0 Å². The molecule has 2 rings (SSSR count). The highest BCUT2D eigenvalue weighted by Crippen LogP contribution is 2.34. The first-order valence-electron chi connectivity index (χ1n) is 3.91. The molecule has 14 heavy (non-hydrogen) atoms. The molecule has 0 N–H and O–H groups in total. The first-order valence-corrected chi connectivity index (χ1v) is 7.10. The summed E-state index contributed by atoms with van der Waals surface area (Å²) in [4.78, 5) is 1.08. The summed E-state index contributed by atoms with van der Waals surface area (Å²) in [5.74, 6) is 0. The third-order valence-corrected chi connectivity index (χ3v) is 4.57. The molecular formula is C10H6INS2. The Morgan fingerprint density at radius 2 is 2.36 bits per heavy atom. The van der Waals surface area contributed by atoms with E-state index in [1.165, 1.54) is 8.96 Å². The molecule has 0 aliphatic heterocycles. The van der Waals surface area contributed by atoms with Gasteiger partial charge >= 0.3 is 0 Å². The Morgan fingerprint density at radius 1 is 1.57 bits per heavy atom. The zero-order chi connectivity index (χ0) is 10.1. The number of hydrogen-bond acceptors (Lipinski definition) is 3. The average molecular weight is 331 g/mol. The molecule has 1 aromatic carbocycles. The van der Waals surface area contributed by atoms with Crippen LogP contribution >= 0.6 is 45.7 Å². The number of halogens is 1. The number of rotatable bonds is 1. The first-order chi connectivity index (χ1) is 6.77. The van der Waals surface area contributed by atoms with E-state index in [-0.39, 0.29) is 0 Å². The summed E-state index contributed by atoms with van der Waals surface area (Å²) in [6.45, 7) is 0. The quantitative estimate of drug-likeness (QED) is 0.580. The van der Waals surface area contributed by atoms with Crippen molar-refractivity contribution in [2.45, 2.75) is 4.90 Å². The van der Waals surface area contributed by atoms with Crippen molar-refractivity contribution in [3.63, 3.8) is 0 Å². The van der Waals surface area contributed by atoms with Crippen LogP contribution in [-0.2, 0) is 0 Å². The third kappa shape index (κ3) is 1.53. The third-order valence-electron chi connectivity index (χ3n) is 1.99. The molecule has 1 heterocycles. The molecule has 0 amide bonds. The molecule has 0 fully saturated rings. The Morgan fingerprint density at radius 3 is 3.00 bits per heavy atom. The molecule has 0 saturated carbocycles. The lowest BCUT2D eigenvalue weighted by atomic mass is 10.2. The topological polar surface area (TPSA) is 23.8 Å². The maximum atomic E-state index is 9.10. The van der Waals surface area contributed by atoms with Gasteiger partial charge in [-0.1, -0.05) is 0 Å².